The van der Waals surface area contributed by atoms with Crippen LogP contribution in [0.2, 0.25) is 0 Å². The third-order valence-corrected chi connectivity index (χ3v) is 14.5. The number of ketones is 2. The molecule has 1 saturated heterocycles. The summed E-state index contributed by atoms with van der Waals surface area (Å²) in [5, 5.41) is 25.9. The second-order valence-corrected chi connectivity index (χ2v) is 21.5. The minimum absolute atomic E-state index is 0.0157. The van der Waals surface area contributed by atoms with E-state index in [0.717, 1.165) is 48.2 Å². The molecule has 2 aromatic heterocycles. The average Bonchev–Trinajstić information content (AvgIpc) is 3.91. The number of aromatic nitrogens is 4. The monoisotopic (exact) mass is 1030 g/mol. The van der Waals surface area contributed by atoms with Gasteiger partial charge in [0.2, 0.25) is 11.8 Å². The summed E-state index contributed by atoms with van der Waals surface area (Å²) >= 11 is 0.884. The normalized spacial score (nSPS) is 23.6. The Labute approximate surface area is 389 Å². The molecular weight excluding hydrogens is 971 g/mol. The predicted octanol–water partition coefficient (Wildman–Crippen LogP) is -0.782. The molecule has 1 aliphatic heterocycles. The maximum atomic E-state index is 12.6. The number of hydrogen-bond donors (Lipinski definition) is 5. The molecule has 376 valence electrons. The summed E-state index contributed by atoms with van der Waals surface area (Å²) in [5.74, 6) is -1.20. The lowest BCUT2D eigenvalue weighted by molar-refractivity contribution is -0.347. The molecule has 2 aromatic rings. The Bertz CT molecular complexity index is 2240. The number of aliphatic hydroxyl groups excluding tert-OH is 2. The van der Waals surface area contributed by atoms with E-state index in [1.165, 1.54) is 13.8 Å². The number of phosphoric ester groups is 3. The van der Waals surface area contributed by atoms with Gasteiger partial charge in [0.25, 0.3) is 15.6 Å². The fraction of sp³-hybridized carbons (Fsp3) is 0.676. The fourth-order valence-electron chi connectivity index (χ4n) is 7.19. The highest BCUT2D eigenvalue weighted by molar-refractivity contribution is 8.13. The van der Waals surface area contributed by atoms with E-state index in [1.807, 2.05) is 19.1 Å². The number of thioether (sulfide) groups is 1. The minimum Gasteiger partial charge on any atom is -0.790 e. The molecule has 26 nitrogen and oxygen atoms in total. The smallest absolute Gasteiger partial charge is 0.274 e. The second-order valence-electron chi connectivity index (χ2n) is 16.3. The van der Waals surface area contributed by atoms with Crippen molar-refractivity contribution in [3.8, 4) is 0 Å². The Morgan fingerprint density at radius 1 is 1.06 bits per heavy atom. The van der Waals surface area contributed by atoms with Crippen LogP contribution in [0, 0.1) is 17.3 Å². The number of nitrogens with two attached hydrogens (primary N) is 1. The average molecular weight is 1030 g/mol. The first-order chi connectivity index (χ1) is 31.3. The van der Waals surface area contributed by atoms with Crippen LogP contribution in [0.5, 0.6) is 0 Å². The van der Waals surface area contributed by atoms with Crippen molar-refractivity contribution in [3.63, 3.8) is 0 Å². The molecule has 67 heavy (non-hydrogen) atoms. The summed E-state index contributed by atoms with van der Waals surface area (Å²) in [4.78, 5) is 122. The van der Waals surface area contributed by atoms with E-state index in [9.17, 15) is 67.5 Å². The van der Waals surface area contributed by atoms with Gasteiger partial charge in [0.1, 0.15) is 47.8 Å². The lowest BCUT2D eigenvalue weighted by atomic mass is 9.87. The van der Waals surface area contributed by atoms with Gasteiger partial charge in [0, 0.05) is 49.4 Å². The number of nitrogens with zero attached hydrogens (tertiary/aromatic N) is 4. The highest BCUT2D eigenvalue weighted by Gasteiger charge is 2.47. The molecule has 0 aromatic carbocycles. The number of allylic oxidation sites excluding steroid dienone is 2. The highest BCUT2D eigenvalue weighted by atomic mass is 32.2. The van der Waals surface area contributed by atoms with Crippen LogP contribution in [0.15, 0.2) is 24.8 Å². The summed E-state index contributed by atoms with van der Waals surface area (Å²) < 4.78 is 60.7. The van der Waals surface area contributed by atoms with Gasteiger partial charge in [-0.1, -0.05) is 44.7 Å². The number of carbonyl (C=O) groups is 5. The Morgan fingerprint density at radius 3 is 2.48 bits per heavy atom. The molecule has 2 aliphatic rings. The Morgan fingerprint density at radius 2 is 1.78 bits per heavy atom. The molecule has 0 bridgehead atoms. The number of aliphatic hydroxyl groups is 2. The van der Waals surface area contributed by atoms with Gasteiger partial charge in [0.15, 0.2) is 22.8 Å². The molecule has 3 heterocycles. The number of fused-ring (bicyclic) bond motifs is 1. The molecule has 1 saturated carbocycles. The zero-order chi connectivity index (χ0) is 49.7. The molecule has 2 unspecified atom stereocenters. The maximum absolute atomic E-state index is 12.6. The van der Waals surface area contributed by atoms with E-state index in [0.29, 0.717) is 19.3 Å². The topological polar surface area (TPSA) is 409 Å². The molecule has 2 amide bonds. The molecule has 30 heteroatoms. The lowest BCUT2D eigenvalue weighted by Gasteiger charge is -2.36. The highest BCUT2D eigenvalue weighted by Crippen LogP contribution is 2.56. The van der Waals surface area contributed by atoms with Crippen LogP contribution in [0.4, 0.5) is 5.82 Å². The number of hydrogen-bond acceptors (Lipinski definition) is 24. The molecule has 0 radical (unpaired) electrons. The van der Waals surface area contributed by atoms with Gasteiger partial charge in [-0.25, -0.2) is 19.3 Å². The Hall–Kier alpha value is -3.36. The zero-order valence-corrected chi connectivity index (χ0v) is 40.2. The number of carbonyl (C=O) groups excluding carboxylic acids is 5. The maximum Gasteiger partial charge on any atom is 0.274 e. The number of phosphoric acid groups is 3. The van der Waals surface area contributed by atoms with Gasteiger partial charge in [-0.3, -0.25) is 37.7 Å². The van der Waals surface area contributed by atoms with Crippen molar-refractivity contribution >= 4 is 80.7 Å². The van der Waals surface area contributed by atoms with Crippen molar-refractivity contribution in [1.82, 2.24) is 30.2 Å². The minimum atomic E-state index is -5.94. The van der Waals surface area contributed by atoms with Gasteiger partial charge >= 0.3 is 0 Å². The van der Waals surface area contributed by atoms with Crippen molar-refractivity contribution in [2.24, 2.45) is 17.3 Å². The number of imidazole rings is 1. The van der Waals surface area contributed by atoms with Crippen LogP contribution in [0.1, 0.15) is 84.8 Å². The Kier molecular flexibility index (Phi) is 21.0. The number of rotatable bonds is 28. The number of ether oxygens (including phenoxy) is 1. The van der Waals surface area contributed by atoms with Crippen LogP contribution in [-0.2, 0) is 60.3 Å². The first-order valence-electron chi connectivity index (χ1n) is 21.0. The van der Waals surface area contributed by atoms with E-state index in [2.05, 4.69) is 43.5 Å². The molecule has 2 fully saturated rings. The SMILES string of the molecule is CC/C=C\C[C@@H]1C(=O)CC[C@@H]1CCCC(=O)CC(=O)SCCNC(=O)CCNC(=O)[C@H](O)C(C)(C)COP(=O)([O-])OP(=O)([O-])OC[C@H]1O[C@@H](n2cnc3c(N)ncnc32)[C@H](O)[C@@H]1OP(=O)([O-])[O-]. The first-order valence-corrected chi connectivity index (χ1v) is 26.4. The summed E-state index contributed by atoms with van der Waals surface area (Å²) in [6.07, 6.45) is 0.604. The van der Waals surface area contributed by atoms with Gasteiger partial charge < -0.3 is 69.0 Å². The number of amides is 2. The van der Waals surface area contributed by atoms with Crippen LogP contribution in [0.3, 0.4) is 0 Å². The summed E-state index contributed by atoms with van der Waals surface area (Å²) in [5.41, 5.74) is 4.02. The summed E-state index contributed by atoms with van der Waals surface area (Å²) in [6.45, 7) is 1.87. The van der Waals surface area contributed by atoms with Gasteiger partial charge in [-0.05, 0) is 38.0 Å². The molecule has 4 rings (SSSR count). The third kappa shape index (κ3) is 17.5. The summed E-state index contributed by atoms with van der Waals surface area (Å²) in [7, 11) is -17.7. The van der Waals surface area contributed by atoms with E-state index in [-0.39, 0.29) is 83.6 Å². The van der Waals surface area contributed by atoms with Crippen LogP contribution >= 0.6 is 35.2 Å². The van der Waals surface area contributed by atoms with Crippen molar-refractivity contribution in [3.05, 3.63) is 24.8 Å². The van der Waals surface area contributed by atoms with E-state index >= 15 is 0 Å². The van der Waals surface area contributed by atoms with Crippen molar-refractivity contribution in [2.75, 3.05) is 37.8 Å². The molecule has 0 spiro atoms. The van der Waals surface area contributed by atoms with Crippen molar-refractivity contribution in [2.45, 2.75) is 109 Å². The van der Waals surface area contributed by atoms with Crippen LogP contribution in [0.25, 0.3) is 11.2 Å². The number of anilines is 1. The van der Waals surface area contributed by atoms with Crippen LogP contribution < -0.4 is 35.9 Å². The number of nitrogen functional groups attached to an aromatic ring is 1. The first kappa shape index (κ1) is 56.2. The van der Waals surface area contributed by atoms with Gasteiger partial charge in [-0.2, -0.15) is 0 Å². The third-order valence-electron chi connectivity index (χ3n) is 10.6. The second kappa shape index (κ2) is 25.0. The summed E-state index contributed by atoms with van der Waals surface area (Å²) in [6, 6.07) is 0. The Balaban J connectivity index is 1.13. The molecule has 9 atom stereocenters. The van der Waals surface area contributed by atoms with E-state index in [1.54, 1.807) is 0 Å². The standard InChI is InChI=1S/C37H58N7O19P3S/c1-4-5-6-10-24-22(11-12-25(24)46)8-7-9-23(45)17-28(48)67-16-15-39-27(47)13-14-40-35(51)32(50)37(2,3)19-60-66(57,58)63-65(55,56)59-18-26-31(62-64(52,53)54)30(49)36(61-26)44-21-43-29-33(38)41-20-42-34(29)44/h5-6,20-22,24,26,30-32,36,49-50H,4,7-19H2,1-3H3,(H,39,47)(H,40,51)(H,55,56)(H,57,58)(H2,38,41,42)(H2,52,53,54)/p-4/b6-5-/t22-,24-,26+,30+,31+,32-,36+/m0/s1. The van der Waals surface area contributed by atoms with E-state index in [4.69, 9.17) is 10.5 Å². The van der Waals surface area contributed by atoms with E-state index < -0.39 is 84.6 Å². The molecular formula is C37H54N7O19P3S-4. The largest absolute Gasteiger partial charge is 0.790 e. The molecule has 6 N–H and O–H groups in total. The quantitative estimate of drug-likeness (QED) is 0.0302. The number of Topliss-reactive ketones (excluding diaryl/α,β-unsaturated/α-hetero) is 2. The molecule has 1 aliphatic carbocycles. The lowest BCUT2D eigenvalue weighted by Crippen LogP contribution is -2.46. The predicted molar refractivity (Wildman–Crippen MR) is 227 cm³/mol. The van der Waals surface area contributed by atoms with Crippen LogP contribution in [-0.4, -0.2) is 115 Å². The van der Waals surface area contributed by atoms with Crippen molar-refractivity contribution in [1.29, 1.82) is 0 Å². The fourth-order valence-corrected chi connectivity index (χ4v) is 10.6. The van der Waals surface area contributed by atoms with Gasteiger partial charge in [0.05, 0.1) is 33.8 Å². The zero-order valence-electron chi connectivity index (χ0n) is 36.7. The van der Waals surface area contributed by atoms with Gasteiger partial charge in [-0.15, -0.1) is 0 Å². The van der Waals surface area contributed by atoms with Crippen molar-refractivity contribution < 1.29 is 90.1 Å². The number of nitrogens with one attached hydrogen (secondary N) is 2.